The van der Waals surface area contributed by atoms with Crippen LogP contribution in [-0.2, 0) is 14.8 Å². The topological polar surface area (TPSA) is 66.5 Å². The molecule has 0 unspecified atom stereocenters. The van der Waals surface area contributed by atoms with E-state index in [1.807, 2.05) is 19.1 Å². The third-order valence-corrected chi connectivity index (χ3v) is 6.64. The minimum absolute atomic E-state index is 0.138. The normalized spacial score (nSPS) is 12.0. The third-order valence-electron chi connectivity index (χ3n) is 3.24. The van der Waals surface area contributed by atoms with Gasteiger partial charge < -0.3 is 5.32 Å². The van der Waals surface area contributed by atoms with Crippen LogP contribution in [0.2, 0.25) is 0 Å². The predicted molar refractivity (Wildman–Crippen MR) is 102 cm³/mol. The highest BCUT2D eigenvalue weighted by Crippen LogP contribution is 2.24. The lowest BCUT2D eigenvalue weighted by molar-refractivity contribution is -0.111. The number of halogens is 1. The Kier molecular flexibility index (Phi) is 5.97. The zero-order valence-corrected chi connectivity index (χ0v) is 16.6. The van der Waals surface area contributed by atoms with Gasteiger partial charge in [-0.25, -0.2) is 12.7 Å². The van der Waals surface area contributed by atoms with Crippen molar-refractivity contribution in [2.45, 2.75) is 11.8 Å². The minimum atomic E-state index is -3.54. The number of hydrogen-bond donors (Lipinski definition) is 1. The average molecular weight is 429 g/mol. The minimum Gasteiger partial charge on any atom is -0.322 e. The molecule has 0 spiro atoms. The fourth-order valence-corrected chi connectivity index (χ4v) is 4.11. The number of nitrogens with one attached hydrogen (secondary N) is 1. The molecule has 5 nitrogen and oxygen atoms in total. The summed E-state index contributed by atoms with van der Waals surface area (Å²) in [4.78, 5) is 13.2. The molecule has 1 N–H and O–H groups in total. The predicted octanol–water partition coefficient (Wildman–Crippen LogP) is 3.72. The van der Waals surface area contributed by atoms with Crippen LogP contribution in [0.1, 0.15) is 10.4 Å². The van der Waals surface area contributed by atoms with Crippen LogP contribution in [0.25, 0.3) is 6.08 Å². The van der Waals surface area contributed by atoms with E-state index in [1.165, 1.54) is 43.6 Å². The number of sulfonamides is 1. The fourth-order valence-electron chi connectivity index (χ4n) is 1.86. The fraction of sp³-hybridized carbons (Fsp3) is 0.188. The van der Waals surface area contributed by atoms with E-state index >= 15 is 0 Å². The number of rotatable bonds is 5. The van der Waals surface area contributed by atoms with Crippen LogP contribution in [0.4, 0.5) is 5.69 Å². The monoisotopic (exact) mass is 428 g/mol. The van der Waals surface area contributed by atoms with Gasteiger partial charge in [-0.05, 0) is 58.8 Å². The molecule has 0 aliphatic carbocycles. The molecule has 128 valence electrons. The smallest absolute Gasteiger partial charge is 0.248 e. The van der Waals surface area contributed by atoms with E-state index in [2.05, 4.69) is 21.2 Å². The average Bonchev–Trinajstić information content (AvgIpc) is 2.92. The van der Waals surface area contributed by atoms with E-state index in [4.69, 9.17) is 0 Å². The molecule has 0 aliphatic rings. The Morgan fingerprint density at radius 2 is 1.96 bits per heavy atom. The van der Waals surface area contributed by atoms with E-state index in [0.29, 0.717) is 5.69 Å². The Morgan fingerprint density at radius 3 is 2.54 bits per heavy atom. The summed E-state index contributed by atoms with van der Waals surface area (Å²) in [7, 11) is -0.609. The first-order valence-corrected chi connectivity index (χ1v) is 10.0. The van der Waals surface area contributed by atoms with Crippen molar-refractivity contribution < 1.29 is 13.2 Å². The van der Waals surface area contributed by atoms with Gasteiger partial charge in [-0.2, -0.15) is 0 Å². The van der Waals surface area contributed by atoms with Crippen molar-refractivity contribution in [3.63, 3.8) is 0 Å². The van der Waals surface area contributed by atoms with Crippen molar-refractivity contribution in [1.29, 1.82) is 0 Å². The summed E-state index contributed by atoms with van der Waals surface area (Å²) in [6.07, 6.45) is 3.13. The second kappa shape index (κ2) is 7.60. The maximum atomic E-state index is 12.2. The standard InChI is InChI=1S/C16H17BrN2O3S2/c1-11-4-7-13(24(21,22)19(2)3)10-14(11)18-16(20)9-6-12-5-8-15(17)23-12/h4-10H,1-3H3,(H,18,20)/b9-6+. The number of nitrogens with zero attached hydrogens (tertiary/aromatic N) is 1. The van der Waals surface area contributed by atoms with Gasteiger partial charge in [0.05, 0.1) is 8.68 Å². The highest BCUT2D eigenvalue weighted by atomic mass is 79.9. The molecule has 0 aliphatic heterocycles. The largest absolute Gasteiger partial charge is 0.322 e. The first-order chi connectivity index (χ1) is 11.2. The molecule has 1 heterocycles. The van der Waals surface area contributed by atoms with Crippen molar-refractivity contribution >= 4 is 55.0 Å². The van der Waals surface area contributed by atoms with Crippen molar-refractivity contribution in [2.75, 3.05) is 19.4 Å². The van der Waals surface area contributed by atoms with Gasteiger partial charge in [-0.1, -0.05) is 6.07 Å². The maximum Gasteiger partial charge on any atom is 0.248 e. The van der Waals surface area contributed by atoms with Crippen LogP contribution in [0.15, 0.2) is 45.1 Å². The Morgan fingerprint density at radius 1 is 1.25 bits per heavy atom. The molecule has 1 amide bonds. The molecule has 0 atom stereocenters. The van der Waals surface area contributed by atoms with Gasteiger partial charge in [0, 0.05) is 30.7 Å². The number of carbonyl (C=O) groups excluding carboxylic acids is 1. The Bertz CT molecular complexity index is 886. The molecule has 0 radical (unpaired) electrons. The Hall–Kier alpha value is -1.48. The molecule has 8 heteroatoms. The highest BCUT2D eigenvalue weighted by molar-refractivity contribution is 9.11. The second-order valence-electron chi connectivity index (χ2n) is 5.23. The van der Waals surface area contributed by atoms with Crippen molar-refractivity contribution in [3.8, 4) is 0 Å². The van der Waals surface area contributed by atoms with Gasteiger partial charge in [0.15, 0.2) is 0 Å². The van der Waals surface area contributed by atoms with Gasteiger partial charge in [-0.3, -0.25) is 4.79 Å². The van der Waals surface area contributed by atoms with Crippen molar-refractivity contribution in [1.82, 2.24) is 4.31 Å². The number of aryl methyl sites for hydroxylation is 1. The summed E-state index contributed by atoms with van der Waals surface area (Å²) in [6, 6.07) is 8.47. The van der Waals surface area contributed by atoms with E-state index in [-0.39, 0.29) is 10.8 Å². The number of thiophene rings is 1. The number of amides is 1. The van der Waals surface area contributed by atoms with Crippen LogP contribution >= 0.6 is 27.3 Å². The maximum absolute atomic E-state index is 12.2. The van der Waals surface area contributed by atoms with E-state index < -0.39 is 10.0 Å². The van der Waals surface area contributed by atoms with E-state index in [0.717, 1.165) is 18.5 Å². The molecular formula is C16H17BrN2O3S2. The zero-order chi connectivity index (χ0) is 17.9. The van der Waals surface area contributed by atoms with Gasteiger partial charge in [-0.15, -0.1) is 11.3 Å². The van der Waals surface area contributed by atoms with Crippen molar-refractivity contribution in [3.05, 3.63) is 50.6 Å². The van der Waals surface area contributed by atoms with Crippen molar-refractivity contribution in [2.24, 2.45) is 0 Å². The molecule has 0 bridgehead atoms. The molecule has 24 heavy (non-hydrogen) atoms. The van der Waals surface area contributed by atoms with E-state index in [1.54, 1.807) is 12.1 Å². The molecule has 0 saturated carbocycles. The van der Waals surface area contributed by atoms with E-state index in [9.17, 15) is 13.2 Å². The molecule has 0 fully saturated rings. The van der Waals surface area contributed by atoms with Crippen LogP contribution in [0.5, 0.6) is 0 Å². The number of carbonyl (C=O) groups is 1. The summed E-state index contributed by atoms with van der Waals surface area (Å²) >= 11 is 4.88. The molecule has 1 aromatic carbocycles. The lowest BCUT2D eigenvalue weighted by Gasteiger charge is -2.14. The molecular weight excluding hydrogens is 412 g/mol. The summed E-state index contributed by atoms with van der Waals surface area (Å²) < 4.78 is 26.5. The number of hydrogen-bond acceptors (Lipinski definition) is 4. The lowest BCUT2D eigenvalue weighted by Crippen LogP contribution is -2.22. The molecule has 2 rings (SSSR count). The van der Waals surface area contributed by atoms with Crippen LogP contribution < -0.4 is 5.32 Å². The zero-order valence-electron chi connectivity index (χ0n) is 13.4. The number of anilines is 1. The van der Waals surface area contributed by atoms with Gasteiger partial charge in [0.25, 0.3) is 0 Å². The van der Waals surface area contributed by atoms with Gasteiger partial charge in [0.1, 0.15) is 0 Å². The molecule has 1 aromatic heterocycles. The summed E-state index contributed by atoms with van der Waals surface area (Å²) in [6.45, 7) is 1.81. The number of benzene rings is 1. The Balaban J connectivity index is 2.20. The first-order valence-electron chi connectivity index (χ1n) is 6.98. The summed E-state index contributed by atoms with van der Waals surface area (Å²) in [5.41, 5.74) is 1.26. The first kappa shape index (κ1) is 18.9. The van der Waals surface area contributed by atoms with Crippen LogP contribution in [0.3, 0.4) is 0 Å². The Labute approximate surface area is 154 Å². The van der Waals surface area contributed by atoms with Gasteiger partial charge >= 0.3 is 0 Å². The lowest BCUT2D eigenvalue weighted by atomic mass is 10.2. The molecule has 0 saturated heterocycles. The second-order valence-corrected chi connectivity index (χ2v) is 9.88. The van der Waals surface area contributed by atoms with Crippen LogP contribution in [0, 0.1) is 6.92 Å². The molecule has 2 aromatic rings. The van der Waals surface area contributed by atoms with Crippen LogP contribution in [-0.4, -0.2) is 32.7 Å². The summed E-state index contributed by atoms with van der Waals surface area (Å²) in [5, 5.41) is 2.72. The third kappa shape index (κ3) is 4.54. The SMILES string of the molecule is Cc1ccc(S(=O)(=O)N(C)C)cc1NC(=O)/C=C/c1ccc(Br)s1. The van der Waals surface area contributed by atoms with Gasteiger partial charge in [0.2, 0.25) is 15.9 Å². The summed E-state index contributed by atoms with van der Waals surface area (Å²) in [5.74, 6) is -0.318. The highest BCUT2D eigenvalue weighted by Gasteiger charge is 2.18. The quantitative estimate of drug-likeness (QED) is 0.737.